The summed E-state index contributed by atoms with van der Waals surface area (Å²) in [7, 11) is 2.14. The van der Waals surface area contributed by atoms with E-state index >= 15 is 0 Å². The lowest BCUT2D eigenvalue weighted by atomic mass is 9.80. The van der Waals surface area contributed by atoms with Gasteiger partial charge in [-0.15, -0.1) is 0 Å². The lowest BCUT2D eigenvalue weighted by Crippen LogP contribution is -2.43. The topological polar surface area (TPSA) is 45.2 Å². The monoisotopic (exact) mass is 325 g/mol. The van der Waals surface area contributed by atoms with E-state index in [-0.39, 0.29) is 11.3 Å². The standard InChI is InChI=1S/C14H20BrN3O/c1-14(5-7-18(2)8-6-14)10-17-13(19)11-3-4-12(15)16-9-11/h3-4,9H,5-8,10H2,1-2H3,(H,17,19). The van der Waals surface area contributed by atoms with Crippen molar-refractivity contribution < 1.29 is 4.79 Å². The third-order valence-electron chi connectivity index (χ3n) is 3.86. The van der Waals surface area contributed by atoms with Crippen LogP contribution in [0.3, 0.4) is 0 Å². The zero-order chi connectivity index (χ0) is 13.9. The van der Waals surface area contributed by atoms with Crippen molar-refractivity contribution in [2.75, 3.05) is 26.7 Å². The second-order valence-corrected chi connectivity index (χ2v) is 6.48. The van der Waals surface area contributed by atoms with Crippen LogP contribution in [0, 0.1) is 5.41 Å². The van der Waals surface area contributed by atoms with Gasteiger partial charge in [0.25, 0.3) is 5.91 Å². The Balaban J connectivity index is 1.88. The van der Waals surface area contributed by atoms with Crippen molar-refractivity contribution in [2.45, 2.75) is 19.8 Å². The Morgan fingerprint density at radius 3 is 2.74 bits per heavy atom. The molecule has 0 radical (unpaired) electrons. The molecule has 0 aliphatic carbocycles. The molecule has 0 aromatic carbocycles. The molecule has 0 saturated carbocycles. The van der Waals surface area contributed by atoms with Crippen LogP contribution in [0.15, 0.2) is 22.9 Å². The number of nitrogens with one attached hydrogen (secondary N) is 1. The van der Waals surface area contributed by atoms with Crippen LogP contribution >= 0.6 is 15.9 Å². The Labute approximate surface area is 122 Å². The fraction of sp³-hybridized carbons (Fsp3) is 0.571. The highest BCUT2D eigenvalue weighted by Crippen LogP contribution is 2.29. The summed E-state index contributed by atoms with van der Waals surface area (Å²) in [6, 6.07) is 3.57. The van der Waals surface area contributed by atoms with Gasteiger partial charge in [0.05, 0.1) is 5.56 Å². The number of carbonyl (C=O) groups excluding carboxylic acids is 1. The molecule has 0 spiro atoms. The van der Waals surface area contributed by atoms with Gasteiger partial charge in [0.1, 0.15) is 4.60 Å². The van der Waals surface area contributed by atoms with Crippen LogP contribution < -0.4 is 5.32 Å². The summed E-state index contributed by atoms with van der Waals surface area (Å²) in [5.41, 5.74) is 0.824. The number of pyridine rings is 1. The molecular formula is C14H20BrN3O. The van der Waals surface area contributed by atoms with Crippen molar-refractivity contribution >= 4 is 21.8 Å². The molecular weight excluding hydrogens is 306 g/mol. The fourth-order valence-corrected chi connectivity index (χ4v) is 2.48. The van der Waals surface area contributed by atoms with Crippen LogP contribution in [0.5, 0.6) is 0 Å². The van der Waals surface area contributed by atoms with Crippen molar-refractivity contribution in [3.63, 3.8) is 0 Å². The van der Waals surface area contributed by atoms with Gasteiger partial charge >= 0.3 is 0 Å². The van der Waals surface area contributed by atoms with Gasteiger partial charge in [-0.3, -0.25) is 4.79 Å². The summed E-state index contributed by atoms with van der Waals surface area (Å²) in [6.07, 6.45) is 3.85. The second kappa shape index (κ2) is 6.01. The van der Waals surface area contributed by atoms with E-state index in [4.69, 9.17) is 0 Å². The molecule has 19 heavy (non-hydrogen) atoms. The molecule has 2 rings (SSSR count). The van der Waals surface area contributed by atoms with E-state index in [9.17, 15) is 4.79 Å². The number of rotatable bonds is 3. The smallest absolute Gasteiger partial charge is 0.252 e. The first-order valence-corrected chi connectivity index (χ1v) is 7.36. The number of piperidine rings is 1. The Morgan fingerprint density at radius 1 is 1.47 bits per heavy atom. The van der Waals surface area contributed by atoms with Crippen molar-refractivity contribution in [1.29, 1.82) is 0 Å². The summed E-state index contributed by atoms with van der Waals surface area (Å²) in [5, 5.41) is 3.03. The molecule has 1 N–H and O–H groups in total. The Hall–Kier alpha value is -0.940. The van der Waals surface area contributed by atoms with Gasteiger partial charge in [-0.25, -0.2) is 4.98 Å². The molecule has 1 aliphatic heterocycles. The van der Waals surface area contributed by atoms with Crippen molar-refractivity contribution in [2.24, 2.45) is 5.41 Å². The minimum absolute atomic E-state index is 0.0415. The number of likely N-dealkylation sites (tertiary alicyclic amines) is 1. The number of carbonyl (C=O) groups is 1. The van der Waals surface area contributed by atoms with E-state index in [1.165, 1.54) is 0 Å². The SMILES string of the molecule is CN1CCC(C)(CNC(=O)c2ccc(Br)nc2)CC1. The average Bonchev–Trinajstić information content (AvgIpc) is 2.41. The third-order valence-corrected chi connectivity index (χ3v) is 4.33. The Kier molecular flexibility index (Phi) is 4.58. The molecule has 4 nitrogen and oxygen atoms in total. The van der Waals surface area contributed by atoms with Gasteiger partial charge in [0, 0.05) is 12.7 Å². The first-order chi connectivity index (χ1) is 8.98. The number of hydrogen-bond acceptors (Lipinski definition) is 3. The highest BCUT2D eigenvalue weighted by Gasteiger charge is 2.29. The predicted molar refractivity (Wildman–Crippen MR) is 79.1 cm³/mol. The highest BCUT2D eigenvalue weighted by atomic mass is 79.9. The predicted octanol–water partition coefficient (Wildman–Crippen LogP) is 2.31. The van der Waals surface area contributed by atoms with E-state index in [1.807, 2.05) is 0 Å². The summed E-state index contributed by atoms with van der Waals surface area (Å²) in [5.74, 6) is -0.0415. The number of hydrogen-bond donors (Lipinski definition) is 1. The van der Waals surface area contributed by atoms with Crippen molar-refractivity contribution in [3.05, 3.63) is 28.5 Å². The van der Waals surface area contributed by atoms with Crippen molar-refractivity contribution in [3.8, 4) is 0 Å². The minimum Gasteiger partial charge on any atom is -0.351 e. The lowest BCUT2D eigenvalue weighted by molar-refractivity contribution is 0.0891. The van der Waals surface area contributed by atoms with Gasteiger partial charge in [-0.2, -0.15) is 0 Å². The van der Waals surface area contributed by atoms with Gasteiger partial charge in [-0.1, -0.05) is 6.92 Å². The van der Waals surface area contributed by atoms with Crippen LogP contribution in [-0.4, -0.2) is 42.5 Å². The van der Waals surface area contributed by atoms with E-state index < -0.39 is 0 Å². The van der Waals surface area contributed by atoms with Crippen molar-refractivity contribution in [1.82, 2.24) is 15.2 Å². The van der Waals surface area contributed by atoms with Gasteiger partial charge in [-0.05, 0) is 66.5 Å². The molecule has 1 amide bonds. The van der Waals surface area contributed by atoms with E-state index in [2.05, 4.69) is 45.1 Å². The van der Waals surface area contributed by atoms with Gasteiger partial charge < -0.3 is 10.2 Å². The largest absolute Gasteiger partial charge is 0.351 e. The zero-order valence-corrected chi connectivity index (χ0v) is 13.0. The Bertz CT molecular complexity index is 439. The summed E-state index contributed by atoms with van der Waals surface area (Å²) < 4.78 is 0.742. The van der Waals surface area contributed by atoms with Crippen LogP contribution in [0.2, 0.25) is 0 Å². The molecule has 1 aromatic rings. The molecule has 1 aromatic heterocycles. The second-order valence-electron chi connectivity index (χ2n) is 5.67. The molecule has 0 atom stereocenters. The lowest BCUT2D eigenvalue weighted by Gasteiger charge is -2.37. The number of aromatic nitrogens is 1. The molecule has 104 valence electrons. The maximum Gasteiger partial charge on any atom is 0.252 e. The average molecular weight is 326 g/mol. The summed E-state index contributed by atoms with van der Waals surface area (Å²) in [4.78, 5) is 18.4. The molecule has 1 aliphatic rings. The molecule has 1 saturated heterocycles. The van der Waals surface area contributed by atoms with Crippen LogP contribution in [0.1, 0.15) is 30.1 Å². The highest BCUT2D eigenvalue weighted by molar-refractivity contribution is 9.10. The van der Waals surface area contributed by atoms with E-state index in [1.54, 1.807) is 18.3 Å². The molecule has 5 heteroatoms. The van der Waals surface area contributed by atoms with Crippen LogP contribution in [-0.2, 0) is 0 Å². The number of nitrogens with zero attached hydrogens (tertiary/aromatic N) is 2. The Morgan fingerprint density at radius 2 is 2.16 bits per heavy atom. The maximum atomic E-state index is 12.0. The molecule has 1 fully saturated rings. The van der Waals surface area contributed by atoms with Crippen LogP contribution in [0.4, 0.5) is 0 Å². The van der Waals surface area contributed by atoms with E-state index in [0.717, 1.165) is 37.1 Å². The normalized spacial score (nSPS) is 19.1. The number of amides is 1. The fourth-order valence-electron chi connectivity index (χ4n) is 2.24. The molecule has 2 heterocycles. The van der Waals surface area contributed by atoms with Gasteiger partial charge in [0.15, 0.2) is 0 Å². The minimum atomic E-state index is -0.0415. The zero-order valence-electron chi connectivity index (χ0n) is 11.4. The third kappa shape index (κ3) is 4.01. The summed E-state index contributed by atoms with van der Waals surface area (Å²) >= 11 is 3.26. The van der Waals surface area contributed by atoms with Gasteiger partial charge in [0.2, 0.25) is 0 Å². The number of halogens is 1. The molecule has 0 bridgehead atoms. The quantitative estimate of drug-likeness (QED) is 0.867. The molecule has 0 unspecified atom stereocenters. The van der Waals surface area contributed by atoms with E-state index in [0.29, 0.717) is 5.56 Å². The summed E-state index contributed by atoms with van der Waals surface area (Å²) in [6.45, 7) is 5.19. The van der Waals surface area contributed by atoms with Crippen LogP contribution in [0.25, 0.3) is 0 Å². The first kappa shape index (κ1) is 14.5. The first-order valence-electron chi connectivity index (χ1n) is 6.57. The maximum absolute atomic E-state index is 12.0.